The Labute approximate surface area is 285 Å². The number of hydrogen-bond donors (Lipinski definition) is 0. The van der Waals surface area contributed by atoms with Gasteiger partial charge in [0.25, 0.3) is 0 Å². The van der Waals surface area contributed by atoms with E-state index in [4.69, 9.17) is 9.97 Å². The van der Waals surface area contributed by atoms with Crippen LogP contribution in [0.4, 0.5) is 0 Å². The average Bonchev–Trinajstić information content (AvgIpc) is 3.39. The minimum Gasteiger partial charge on any atom is -0.228 e. The first-order valence-electron chi connectivity index (χ1n) is 17.0. The Morgan fingerprint density at radius 2 is 0.980 bits per heavy atom. The topological polar surface area (TPSA) is 25.8 Å². The fraction of sp³-hybridized carbons (Fsp3) is 0.0638. The zero-order chi connectivity index (χ0) is 32.7. The second kappa shape index (κ2) is 10.4. The monoisotopic (exact) mass is 624 g/mol. The molecule has 2 heteroatoms. The van der Waals surface area contributed by atoms with Crippen LogP contribution < -0.4 is 0 Å². The van der Waals surface area contributed by atoms with Gasteiger partial charge >= 0.3 is 0 Å². The first-order chi connectivity index (χ1) is 24.0. The fourth-order valence-corrected chi connectivity index (χ4v) is 8.20. The van der Waals surface area contributed by atoms with E-state index in [1.54, 1.807) is 0 Å². The second-order valence-electron chi connectivity index (χ2n) is 13.8. The van der Waals surface area contributed by atoms with E-state index < -0.39 is 0 Å². The summed E-state index contributed by atoms with van der Waals surface area (Å²) < 4.78 is 0. The first-order valence-corrected chi connectivity index (χ1v) is 17.0. The van der Waals surface area contributed by atoms with Crippen molar-refractivity contribution in [2.45, 2.75) is 19.3 Å². The highest BCUT2D eigenvalue weighted by Gasteiger charge is 2.37. The van der Waals surface area contributed by atoms with Gasteiger partial charge in [-0.15, -0.1) is 0 Å². The second-order valence-corrected chi connectivity index (χ2v) is 13.8. The Hall–Kier alpha value is -6.12. The van der Waals surface area contributed by atoms with Crippen molar-refractivity contribution in [2.24, 2.45) is 0 Å². The number of rotatable bonds is 3. The maximum absolute atomic E-state index is 5.30. The van der Waals surface area contributed by atoms with Gasteiger partial charge in [0.15, 0.2) is 5.82 Å². The third-order valence-corrected chi connectivity index (χ3v) is 10.6. The number of aromatic nitrogens is 2. The van der Waals surface area contributed by atoms with Crippen LogP contribution in [0.3, 0.4) is 0 Å². The number of hydrogen-bond acceptors (Lipinski definition) is 2. The van der Waals surface area contributed by atoms with E-state index in [1.165, 1.54) is 65.3 Å². The Morgan fingerprint density at radius 1 is 0.388 bits per heavy atom. The van der Waals surface area contributed by atoms with Crippen LogP contribution in [0, 0.1) is 0 Å². The minimum absolute atomic E-state index is 0.134. The molecule has 1 aliphatic rings. The van der Waals surface area contributed by atoms with Crippen LogP contribution in [-0.4, -0.2) is 9.97 Å². The Morgan fingerprint density at radius 3 is 1.69 bits per heavy atom. The lowest BCUT2D eigenvalue weighted by atomic mass is 9.81. The summed E-state index contributed by atoms with van der Waals surface area (Å²) in [6, 6.07) is 57.0. The van der Waals surface area contributed by atoms with Gasteiger partial charge in [-0.05, 0) is 89.6 Å². The third-order valence-electron chi connectivity index (χ3n) is 10.6. The molecule has 2 nitrogen and oxygen atoms in total. The van der Waals surface area contributed by atoms with Crippen LogP contribution in [0.25, 0.3) is 88.1 Å². The SMILES string of the molecule is CC1(C)c2cc3ccccc3cc2-c2c(-c3cc(-c4ccc5c6ccccc6c6ccccc6c5c4)nc(-c4ccccc4)n3)cccc21. The highest BCUT2D eigenvalue weighted by Crippen LogP contribution is 2.53. The summed E-state index contributed by atoms with van der Waals surface area (Å²) in [6.07, 6.45) is 0. The molecule has 0 atom stereocenters. The molecule has 0 saturated heterocycles. The van der Waals surface area contributed by atoms with E-state index in [2.05, 4.69) is 166 Å². The van der Waals surface area contributed by atoms with E-state index in [9.17, 15) is 0 Å². The predicted molar refractivity (Wildman–Crippen MR) is 206 cm³/mol. The summed E-state index contributed by atoms with van der Waals surface area (Å²) in [5.41, 5.74) is 10.2. The smallest absolute Gasteiger partial charge is 0.160 e. The molecule has 10 rings (SSSR count). The summed E-state index contributed by atoms with van der Waals surface area (Å²) in [5.74, 6) is 0.727. The molecular formula is C47H32N2. The van der Waals surface area contributed by atoms with Crippen molar-refractivity contribution in [3.63, 3.8) is 0 Å². The zero-order valence-electron chi connectivity index (χ0n) is 27.4. The normalized spacial score (nSPS) is 13.3. The van der Waals surface area contributed by atoms with Crippen molar-refractivity contribution in [3.05, 3.63) is 169 Å². The maximum atomic E-state index is 5.30. The van der Waals surface area contributed by atoms with E-state index in [0.717, 1.165) is 33.9 Å². The average molecular weight is 625 g/mol. The van der Waals surface area contributed by atoms with Crippen molar-refractivity contribution >= 4 is 43.1 Å². The van der Waals surface area contributed by atoms with Crippen molar-refractivity contribution in [2.75, 3.05) is 0 Å². The lowest BCUT2D eigenvalue weighted by Gasteiger charge is -2.22. The lowest BCUT2D eigenvalue weighted by molar-refractivity contribution is 0.661. The van der Waals surface area contributed by atoms with Crippen molar-refractivity contribution in [1.82, 2.24) is 9.97 Å². The minimum atomic E-state index is -0.134. The predicted octanol–water partition coefficient (Wildman–Crippen LogP) is 12.4. The molecule has 0 spiro atoms. The molecular weight excluding hydrogens is 593 g/mol. The fourth-order valence-electron chi connectivity index (χ4n) is 8.20. The molecule has 0 saturated carbocycles. The van der Waals surface area contributed by atoms with Gasteiger partial charge in [0.05, 0.1) is 11.4 Å². The number of fused-ring (bicyclic) bond motifs is 10. The zero-order valence-corrected chi connectivity index (χ0v) is 27.4. The van der Waals surface area contributed by atoms with Gasteiger partial charge in [-0.2, -0.15) is 0 Å². The van der Waals surface area contributed by atoms with Gasteiger partial charge in [0.1, 0.15) is 0 Å². The summed E-state index contributed by atoms with van der Waals surface area (Å²) in [6.45, 7) is 4.69. The van der Waals surface area contributed by atoms with Crippen molar-refractivity contribution in [1.29, 1.82) is 0 Å². The van der Waals surface area contributed by atoms with E-state index in [1.807, 2.05) is 6.07 Å². The Balaban J connectivity index is 1.24. The van der Waals surface area contributed by atoms with Crippen LogP contribution in [0.2, 0.25) is 0 Å². The molecule has 9 aromatic rings. The van der Waals surface area contributed by atoms with Crippen LogP contribution in [0.5, 0.6) is 0 Å². The van der Waals surface area contributed by atoms with Crippen LogP contribution >= 0.6 is 0 Å². The van der Waals surface area contributed by atoms with Crippen molar-refractivity contribution in [3.8, 4) is 45.0 Å². The van der Waals surface area contributed by atoms with Gasteiger partial charge < -0.3 is 0 Å². The van der Waals surface area contributed by atoms with Crippen LogP contribution in [0.1, 0.15) is 25.0 Å². The Bertz CT molecular complexity index is 2760. The summed E-state index contributed by atoms with van der Waals surface area (Å²) >= 11 is 0. The summed E-state index contributed by atoms with van der Waals surface area (Å²) in [5, 5.41) is 10.1. The lowest BCUT2D eigenvalue weighted by Crippen LogP contribution is -2.14. The molecule has 8 aromatic carbocycles. The van der Waals surface area contributed by atoms with E-state index in [-0.39, 0.29) is 5.41 Å². The first kappa shape index (κ1) is 27.9. The summed E-state index contributed by atoms with van der Waals surface area (Å²) in [7, 11) is 0. The van der Waals surface area contributed by atoms with Gasteiger partial charge in [0.2, 0.25) is 0 Å². The molecule has 0 amide bonds. The molecule has 0 unspecified atom stereocenters. The molecule has 0 N–H and O–H groups in total. The highest BCUT2D eigenvalue weighted by molar-refractivity contribution is 6.25. The van der Waals surface area contributed by atoms with Crippen LogP contribution in [0.15, 0.2) is 158 Å². The molecule has 1 heterocycles. The van der Waals surface area contributed by atoms with Gasteiger partial charge in [-0.1, -0.05) is 147 Å². The Kier molecular flexibility index (Phi) is 5.95. The molecule has 1 aliphatic carbocycles. The molecule has 49 heavy (non-hydrogen) atoms. The molecule has 230 valence electrons. The number of benzene rings is 8. The highest BCUT2D eigenvalue weighted by atomic mass is 14.9. The quantitative estimate of drug-likeness (QED) is 0.183. The molecule has 1 aromatic heterocycles. The molecule has 0 bridgehead atoms. The third kappa shape index (κ3) is 4.20. The van der Waals surface area contributed by atoms with Gasteiger partial charge in [-0.25, -0.2) is 9.97 Å². The van der Waals surface area contributed by atoms with E-state index >= 15 is 0 Å². The van der Waals surface area contributed by atoms with Crippen molar-refractivity contribution < 1.29 is 0 Å². The maximum Gasteiger partial charge on any atom is 0.160 e. The standard InChI is InChI=1S/C47H32N2/c1-47(2)41-22-12-21-38(45(41)40-25-30-15-6-7-16-31(30)27-42(40)47)44-28-43(48-46(49-44)29-13-4-3-5-14-29)32-23-24-37-35-19-9-8-17-33(35)34-18-10-11-20-36(34)39(37)26-32/h3-28H,1-2H3. The number of nitrogens with zero attached hydrogens (tertiary/aromatic N) is 2. The largest absolute Gasteiger partial charge is 0.228 e. The van der Waals surface area contributed by atoms with Gasteiger partial charge in [0, 0.05) is 22.1 Å². The molecule has 0 fully saturated rings. The molecule has 0 aliphatic heterocycles. The summed E-state index contributed by atoms with van der Waals surface area (Å²) in [4.78, 5) is 10.5. The van der Waals surface area contributed by atoms with Gasteiger partial charge in [-0.3, -0.25) is 0 Å². The van der Waals surface area contributed by atoms with E-state index in [0.29, 0.717) is 0 Å². The molecule has 0 radical (unpaired) electrons. The van der Waals surface area contributed by atoms with Crippen LogP contribution in [-0.2, 0) is 5.41 Å².